The molecular formula is C17H24N2O5. The highest BCUT2D eigenvalue weighted by Gasteiger charge is 2.40. The van der Waals surface area contributed by atoms with Gasteiger partial charge in [-0.2, -0.15) is 0 Å². The number of aliphatic carboxylic acids is 1. The number of nitrogens with zero attached hydrogens (tertiary/aromatic N) is 2. The van der Waals surface area contributed by atoms with Crippen LogP contribution in [0.25, 0.3) is 0 Å². The molecule has 0 atom stereocenters. The average Bonchev–Trinajstić information content (AvgIpc) is 2.60. The Hall–Kier alpha value is -1.99. The van der Waals surface area contributed by atoms with Crippen molar-refractivity contribution >= 4 is 11.7 Å². The van der Waals surface area contributed by atoms with Gasteiger partial charge in [-0.05, 0) is 38.3 Å². The van der Waals surface area contributed by atoms with E-state index in [9.17, 15) is 4.79 Å². The summed E-state index contributed by atoms with van der Waals surface area (Å²) in [6.07, 6.45) is 6.17. The van der Waals surface area contributed by atoms with Crippen molar-refractivity contribution in [2.75, 3.05) is 19.8 Å². The van der Waals surface area contributed by atoms with Crippen LogP contribution in [0.2, 0.25) is 0 Å². The lowest BCUT2D eigenvalue weighted by atomic mass is 10.0. The minimum atomic E-state index is -1.50. The number of carbonyl (C=O) groups is 1. The van der Waals surface area contributed by atoms with E-state index in [2.05, 4.69) is 10.1 Å². The highest BCUT2D eigenvalue weighted by atomic mass is 16.7. The number of carboxylic acids is 1. The van der Waals surface area contributed by atoms with Crippen LogP contribution in [0.5, 0.6) is 0 Å². The quantitative estimate of drug-likeness (QED) is 0.445. The lowest BCUT2D eigenvalue weighted by Gasteiger charge is -2.34. The third kappa shape index (κ3) is 5.28. The lowest BCUT2D eigenvalue weighted by Crippen LogP contribution is -2.47. The van der Waals surface area contributed by atoms with E-state index in [4.69, 9.17) is 19.4 Å². The van der Waals surface area contributed by atoms with Crippen LogP contribution in [0.3, 0.4) is 0 Å². The van der Waals surface area contributed by atoms with E-state index in [0.29, 0.717) is 19.8 Å². The van der Waals surface area contributed by atoms with Gasteiger partial charge in [-0.15, -0.1) is 0 Å². The topological polar surface area (TPSA) is 90.2 Å². The second-order valence-electron chi connectivity index (χ2n) is 5.98. The Morgan fingerprint density at radius 1 is 1.38 bits per heavy atom. The first kappa shape index (κ1) is 18.4. The summed E-state index contributed by atoms with van der Waals surface area (Å²) in [5.74, 6) is -2.37. The van der Waals surface area contributed by atoms with E-state index in [1.165, 1.54) is 6.92 Å². The van der Waals surface area contributed by atoms with Gasteiger partial charge >= 0.3 is 5.97 Å². The standard InChI is InChI=1S/C17H24N2O5/c1-13(15-6-8-18-9-7-15)19-24-10-4-3-5-14-11-22-17(2,16(20)21)23-12-14/h6-9,14H,3-5,10-12H2,1-2H3,(H,20,21). The van der Waals surface area contributed by atoms with Gasteiger partial charge in [-0.25, -0.2) is 4.79 Å². The van der Waals surface area contributed by atoms with Crippen molar-refractivity contribution in [1.82, 2.24) is 4.98 Å². The van der Waals surface area contributed by atoms with Crippen molar-refractivity contribution < 1.29 is 24.2 Å². The Morgan fingerprint density at radius 2 is 2.04 bits per heavy atom. The van der Waals surface area contributed by atoms with Gasteiger partial charge in [0.05, 0.1) is 18.9 Å². The van der Waals surface area contributed by atoms with Crippen LogP contribution < -0.4 is 0 Å². The molecule has 1 fully saturated rings. The Bertz CT molecular complexity index is 553. The van der Waals surface area contributed by atoms with Gasteiger partial charge in [0.2, 0.25) is 0 Å². The van der Waals surface area contributed by atoms with Crippen LogP contribution in [0.4, 0.5) is 0 Å². The molecule has 1 saturated heterocycles. The monoisotopic (exact) mass is 336 g/mol. The summed E-state index contributed by atoms with van der Waals surface area (Å²) in [7, 11) is 0. The molecule has 1 aliphatic heterocycles. The SMILES string of the molecule is CC(=NOCCCCC1COC(C)(C(=O)O)OC1)c1ccncc1. The van der Waals surface area contributed by atoms with Gasteiger partial charge < -0.3 is 19.4 Å². The van der Waals surface area contributed by atoms with Gasteiger partial charge in [-0.1, -0.05) is 5.16 Å². The zero-order chi connectivity index (χ0) is 17.4. The predicted octanol–water partition coefficient (Wildman–Crippen LogP) is 2.46. The molecule has 0 aliphatic carbocycles. The predicted molar refractivity (Wildman–Crippen MR) is 87.7 cm³/mol. The van der Waals surface area contributed by atoms with E-state index in [1.54, 1.807) is 12.4 Å². The molecule has 0 bridgehead atoms. The summed E-state index contributed by atoms with van der Waals surface area (Å²) in [6.45, 7) is 4.68. The zero-order valence-electron chi connectivity index (χ0n) is 14.1. The van der Waals surface area contributed by atoms with Gasteiger partial charge in [0.1, 0.15) is 6.61 Å². The van der Waals surface area contributed by atoms with Crippen molar-refractivity contribution in [2.24, 2.45) is 11.1 Å². The third-order valence-electron chi connectivity index (χ3n) is 3.97. The van der Waals surface area contributed by atoms with Crippen LogP contribution in [0.15, 0.2) is 29.7 Å². The molecule has 0 saturated carbocycles. The minimum absolute atomic E-state index is 0.222. The summed E-state index contributed by atoms with van der Waals surface area (Å²) < 4.78 is 10.6. The molecule has 132 valence electrons. The number of carboxylic acid groups (broad SMARTS) is 1. The van der Waals surface area contributed by atoms with Crippen molar-refractivity contribution in [1.29, 1.82) is 0 Å². The van der Waals surface area contributed by atoms with Crippen molar-refractivity contribution in [2.45, 2.75) is 38.9 Å². The summed E-state index contributed by atoms with van der Waals surface area (Å²) in [5.41, 5.74) is 1.81. The summed E-state index contributed by atoms with van der Waals surface area (Å²) in [6, 6.07) is 3.77. The van der Waals surface area contributed by atoms with Gasteiger partial charge in [0, 0.05) is 30.8 Å². The third-order valence-corrected chi connectivity index (χ3v) is 3.97. The highest BCUT2D eigenvalue weighted by Crippen LogP contribution is 2.24. The summed E-state index contributed by atoms with van der Waals surface area (Å²) >= 11 is 0. The first-order valence-corrected chi connectivity index (χ1v) is 8.09. The van der Waals surface area contributed by atoms with E-state index >= 15 is 0 Å². The molecule has 0 unspecified atom stereocenters. The number of hydrogen-bond acceptors (Lipinski definition) is 6. The number of pyridine rings is 1. The van der Waals surface area contributed by atoms with Crippen molar-refractivity contribution in [3.63, 3.8) is 0 Å². The highest BCUT2D eigenvalue weighted by molar-refractivity contribution is 5.98. The second-order valence-corrected chi connectivity index (χ2v) is 5.98. The molecular weight excluding hydrogens is 312 g/mol. The van der Waals surface area contributed by atoms with Crippen LogP contribution in [0.1, 0.15) is 38.7 Å². The normalized spacial score (nSPS) is 24.6. The molecule has 7 heteroatoms. The van der Waals surface area contributed by atoms with Gasteiger partial charge in [0.25, 0.3) is 5.79 Å². The Labute approximate surface area is 141 Å². The Morgan fingerprint density at radius 3 is 2.67 bits per heavy atom. The average molecular weight is 336 g/mol. The molecule has 0 spiro atoms. The molecule has 0 amide bonds. The van der Waals surface area contributed by atoms with Crippen LogP contribution in [-0.2, 0) is 19.1 Å². The molecule has 24 heavy (non-hydrogen) atoms. The number of oxime groups is 1. The fourth-order valence-corrected chi connectivity index (χ4v) is 2.32. The molecule has 0 radical (unpaired) electrons. The first-order chi connectivity index (χ1) is 11.5. The van der Waals surface area contributed by atoms with Crippen LogP contribution >= 0.6 is 0 Å². The Kier molecular flexibility index (Phi) is 6.69. The van der Waals surface area contributed by atoms with Gasteiger partial charge in [0.15, 0.2) is 0 Å². The van der Waals surface area contributed by atoms with Crippen LogP contribution in [-0.4, -0.2) is 47.4 Å². The van der Waals surface area contributed by atoms with E-state index in [-0.39, 0.29) is 5.92 Å². The maximum Gasteiger partial charge on any atom is 0.364 e. The minimum Gasteiger partial charge on any atom is -0.477 e. The molecule has 1 N–H and O–H groups in total. The smallest absolute Gasteiger partial charge is 0.364 e. The van der Waals surface area contributed by atoms with Crippen LogP contribution in [0, 0.1) is 5.92 Å². The second kappa shape index (κ2) is 8.75. The van der Waals surface area contributed by atoms with E-state index in [0.717, 1.165) is 30.5 Å². The number of rotatable bonds is 8. The molecule has 2 heterocycles. The van der Waals surface area contributed by atoms with E-state index < -0.39 is 11.8 Å². The first-order valence-electron chi connectivity index (χ1n) is 8.09. The molecule has 1 aliphatic rings. The maximum atomic E-state index is 11.0. The van der Waals surface area contributed by atoms with Gasteiger partial charge in [-0.3, -0.25) is 4.98 Å². The number of aromatic nitrogens is 1. The Balaban J connectivity index is 1.59. The number of hydrogen-bond donors (Lipinski definition) is 1. The zero-order valence-corrected chi connectivity index (χ0v) is 14.1. The summed E-state index contributed by atoms with van der Waals surface area (Å²) in [5, 5.41) is 13.1. The molecule has 2 rings (SSSR count). The lowest BCUT2D eigenvalue weighted by molar-refractivity contribution is -0.271. The molecule has 0 aromatic carbocycles. The molecule has 1 aromatic heterocycles. The fourth-order valence-electron chi connectivity index (χ4n) is 2.32. The molecule has 1 aromatic rings. The summed E-state index contributed by atoms with van der Waals surface area (Å²) in [4.78, 5) is 20.3. The number of ether oxygens (including phenoxy) is 2. The van der Waals surface area contributed by atoms with Crippen molar-refractivity contribution in [3.8, 4) is 0 Å². The fraction of sp³-hybridized carbons (Fsp3) is 0.588. The number of unbranched alkanes of at least 4 members (excludes halogenated alkanes) is 1. The largest absolute Gasteiger partial charge is 0.477 e. The maximum absolute atomic E-state index is 11.0. The molecule has 7 nitrogen and oxygen atoms in total. The van der Waals surface area contributed by atoms with E-state index in [1.807, 2.05) is 19.1 Å². The van der Waals surface area contributed by atoms with Crippen molar-refractivity contribution in [3.05, 3.63) is 30.1 Å².